The van der Waals surface area contributed by atoms with E-state index in [-0.39, 0.29) is 18.9 Å². The van der Waals surface area contributed by atoms with Crippen LogP contribution in [0.3, 0.4) is 0 Å². The maximum absolute atomic E-state index is 15.8. The second-order valence-electron chi connectivity index (χ2n) is 9.68. The lowest BCUT2D eigenvalue weighted by atomic mass is 9.83. The summed E-state index contributed by atoms with van der Waals surface area (Å²) in [5.41, 5.74) is 8.62. The molecule has 0 bridgehead atoms. The van der Waals surface area contributed by atoms with Gasteiger partial charge in [-0.2, -0.15) is 0 Å². The zero-order chi connectivity index (χ0) is 28.4. The highest BCUT2D eigenvalue weighted by atomic mass is 79.9. The summed E-state index contributed by atoms with van der Waals surface area (Å²) in [5.74, 6) is 0.544. The minimum atomic E-state index is -3.07. The lowest BCUT2D eigenvalue weighted by molar-refractivity contribution is 0.00691. The Kier molecular flexibility index (Phi) is 7.96. The van der Waals surface area contributed by atoms with Gasteiger partial charge in [-0.15, -0.1) is 0 Å². The summed E-state index contributed by atoms with van der Waals surface area (Å²) >= 11 is 3.19. The Balaban J connectivity index is 1.39. The van der Waals surface area contributed by atoms with Crippen LogP contribution in [0.5, 0.6) is 0 Å². The van der Waals surface area contributed by atoms with Gasteiger partial charge in [-0.05, 0) is 45.8 Å². The number of alkyl halides is 2. The Hall–Kier alpha value is -3.32. The van der Waals surface area contributed by atoms with Gasteiger partial charge in [-0.1, -0.05) is 42.5 Å². The molecule has 0 saturated carbocycles. The van der Waals surface area contributed by atoms with E-state index >= 15 is 4.39 Å². The molecule has 4 N–H and O–H groups in total. The number of benzene rings is 1. The molecular weight excluding hydrogens is 601 g/mol. The summed E-state index contributed by atoms with van der Waals surface area (Å²) in [7, 11) is -3.07. The summed E-state index contributed by atoms with van der Waals surface area (Å²) in [6.07, 6.45) is 12.6. The Morgan fingerprint density at radius 2 is 2.12 bits per heavy atom. The second-order valence-corrected chi connectivity index (χ2v) is 13.2. The molecule has 1 aromatic carbocycles. The quantitative estimate of drug-likeness (QED) is 0.282. The zero-order valence-electron chi connectivity index (χ0n) is 21.6. The minimum absolute atomic E-state index is 0.0120. The predicted octanol–water partition coefficient (Wildman–Crippen LogP) is 3.89. The van der Waals surface area contributed by atoms with Gasteiger partial charge in [-0.3, -0.25) is 10.7 Å². The number of ether oxygens (including phenoxy) is 2. The largest absolute Gasteiger partial charge is 0.478 e. The van der Waals surface area contributed by atoms with Crippen LogP contribution in [-0.4, -0.2) is 49.0 Å². The SMILES string of the molecule is CS(=O)(=O)CCNC=C1C=CC(c2cc3c(cn2)NC=NC3(N)C2=CC=CC(F)(Br)C2OCc2ccccc2)O1. The van der Waals surface area contributed by atoms with Crippen molar-refractivity contribution in [3.8, 4) is 0 Å². The molecule has 4 unspecified atom stereocenters. The molecule has 9 nitrogen and oxygen atoms in total. The van der Waals surface area contributed by atoms with E-state index in [0.29, 0.717) is 28.3 Å². The van der Waals surface area contributed by atoms with Gasteiger partial charge in [0.25, 0.3) is 0 Å². The first-order valence-electron chi connectivity index (χ1n) is 12.5. The first kappa shape index (κ1) is 28.2. The number of nitrogens with one attached hydrogen (secondary N) is 2. The molecule has 3 aliphatic rings. The summed E-state index contributed by atoms with van der Waals surface area (Å²) in [4.78, 5) is 9.11. The van der Waals surface area contributed by atoms with Crippen LogP contribution >= 0.6 is 15.9 Å². The van der Waals surface area contributed by atoms with Gasteiger partial charge in [0.05, 0.1) is 36.3 Å². The molecule has 0 amide bonds. The van der Waals surface area contributed by atoms with Crippen LogP contribution in [-0.2, 0) is 31.6 Å². The highest BCUT2D eigenvalue weighted by Crippen LogP contribution is 2.46. The smallest absolute Gasteiger partial charge is 0.213 e. The first-order chi connectivity index (χ1) is 19.1. The third-order valence-corrected chi connectivity index (χ3v) is 8.23. The number of pyridine rings is 1. The number of hydrogen-bond acceptors (Lipinski definition) is 9. The normalized spacial score (nSPS) is 28.1. The third kappa shape index (κ3) is 6.20. The number of hydrogen-bond donors (Lipinski definition) is 3. The van der Waals surface area contributed by atoms with Gasteiger partial charge < -0.3 is 20.1 Å². The van der Waals surface area contributed by atoms with E-state index in [0.717, 1.165) is 5.56 Å². The molecule has 40 heavy (non-hydrogen) atoms. The van der Waals surface area contributed by atoms with Crippen molar-refractivity contribution in [1.82, 2.24) is 10.3 Å². The summed E-state index contributed by atoms with van der Waals surface area (Å²) < 4.78 is 48.6. The molecule has 12 heteroatoms. The zero-order valence-corrected chi connectivity index (χ0v) is 24.0. The molecule has 0 saturated heterocycles. The molecule has 0 spiro atoms. The second kappa shape index (κ2) is 11.3. The lowest BCUT2D eigenvalue weighted by Crippen LogP contribution is -2.49. The average molecular weight is 631 g/mol. The van der Waals surface area contributed by atoms with Gasteiger partial charge in [0.1, 0.15) is 21.7 Å². The van der Waals surface area contributed by atoms with E-state index in [4.69, 9.17) is 15.2 Å². The van der Waals surface area contributed by atoms with Crippen molar-refractivity contribution < 1.29 is 22.3 Å². The number of rotatable bonds is 9. The van der Waals surface area contributed by atoms with E-state index in [1.165, 1.54) is 18.7 Å². The van der Waals surface area contributed by atoms with Gasteiger partial charge in [-0.25, -0.2) is 17.8 Å². The van der Waals surface area contributed by atoms with Crippen LogP contribution in [0.2, 0.25) is 0 Å². The molecule has 2 aliphatic heterocycles. The fraction of sp³-hybridized carbons (Fsp3) is 0.286. The maximum atomic E-state index is 15.8. The summed E-state index contributed by atoms with van der Waals surface area (Å²) in [6, 6.07) is 11.3. The molecule has 0 fully saturated rings. The van der Waals surface area contributed by atoms with Gasteiger partial charge in [0.15, 0.2) is 11.8 Å². The Morgan fingerprint density at radius 1 is 1.32 bits per heavy atom. The van der Waals surface area contributed by atoms with E-state index in [1.807, 2.05) is 36.4 Å². The Labute approximate surface area is 240 Å². The standard InChI is InChI=1S/C28H29BrFN5O4S/c1-40(36,37)13-12-32-15-20-9-10-25(39-20)23-14-22-24(16-33-23)34-18-35-28(22,31)21-8-5-11-27(29,30)26(21)38-17-19-6-3-2-4-7-19/h2-11,14-16,18,25-26,32H,12-13,17,31H2,1H3,(H,34,35). The number of fused-ring (bicyclic) bond motifs is 1. The number of nitrogens with two attached hydrogens (primary N) is 1. The molecule has 3 heterocycles. The fourth-order valence-corrected chi connectivity index (χ4v) is 5.59. The molecule has 5 rings (SSSR count). The Morgan fingerprint density at radius 3 is 2.90 bits per heavy atom. The fourth-order valence-electron chi connectivity index (χ4n) is 4.57. The van der Waals surface area contributed by atoms with Crippen molar-refractivity contribution in [3.05, 3.63) is 107 Å². The van der Waals surface area contributed by atoms with Crippen molar-refractivity contribution in [2.75, 3.05) is 23.9 Å². The predicted molar refractivity (Wildman–Crippen MR) is 156 cm³/mol. The van der Waals surface area contributed by atoms with Crippen LogP contribution in [0.1, 0.15) is 22.9 Å². The number of aromatic nitrogens is 1. The van der Waals surface area contributed by atoms with Crippen molar-refractivity contribution in [2.24, 2.45) is 10.7 Å². The van der Waals surface area contributed by atoms with Crippen LogP contribution < -0.4 is 16.4 Å². The van der Waals surface area contributed by atoms with Gasteiger partial charge >= 0.3 is 0 Å². The van der Waals surface area contributed by atoms with Crippen molar-refractivity contribution in [3.63, 3.8) is 0 Å². The lowest BCUT2D eigenvalue weighted by Gasteiger charge is -2.40. The number of sulfone groups is 1. The van der Waals surface area contributed by atoms with Crippen molar-refractivity contribution in [2.45, 2.75) is 29.1 Å². The van der Waals surface area contributed by atoms with Crippen molar-refractivity contribution >= 4 is 37.8 Å². The monoisotopic (exact) mass is 629 g/mol. The maximum Gasteiger partial charge on any atom is 0.213 e. The molecule has 210 valence electrons. The molecule has 0 radical (unpaired) electrons. The molecule has 4 atom stereocenters. The molecule has 2 aromatic rings. The van der Waals surface area contributed by atoms with Gasteiger partial charge in [0.2, 0.25) is 4.58 Å². The number of nitrogens with zero attached hydrogens (tertiary/aromatic N) is 2. The molecule has 1 aromatic heterocycles. The highest BCUT2D eigenvalue weighted by Gasteiger charge is 2.48. The topological polar surface area (TPSA) is 128 Å². The first-order valence-corrected chi connectivity index (χ1v) is 15.4. The van der Waals surface area contributed by atoms with Crippen LogP contribution in [0.15, 0.2) is 95.5 Å². The molecular formula is C28H29BrFN5O4S. The number of halogens is 2. The highest BCUT2D eigenvalue weighted by molar-refractivity contribution is 9.10. The summed E-state index contributed by atoms with van der Waals surface area (Å²) in [5, 5.41) is 6.01. The van der Waals surface area contributed by atoms with E-state index in [1.54, 1.807) is 36.7 Å². The van der Waals surface area contributed by atoms with Crippen LogP contribution in [0, 0.1) is 0 Å². The minimum Gasteiger partial charge on any atom is -0.478 e. The number of aliphatic imine (C=N–C) groups is 1. The molecule has 1 aliphatic carbocycles. The number of allylic oxidation sites excluding steroid dienone is 3. The van der Waals surface area contributed by atoms with Crippen molar-refractivity contribution in [1.29, 1.82) is 0 Å². The van der Waals surface area contributed by atoms with Gasteiger partial charge in [0, 0.05) is 30.1 Å². The third-order valence-electron chi connectivity index (χ3n) is 6.60. The van der Waals surface area contributed by atoms with E-state index < -0.39 is 32.3 Å². The summed E-state index contributed by atoms with van der Waals surface area (Å²) in [6.45, 7) is 0.440. The van der Waals surface area contributed by atoms with Crippen LogP contribution in [0.4, 0.5) is 10.1 Å². The van der Waals surface area contributed by atoms with E-state index in [2.05, 4.69) is 36.5 Å². The average Bonchev–Trinajstić information content (AvgIpc) is 3.39. The van der Waals surface area contributed by atoms with Crippen LogP contribution in [0.25, 0.3) is 0 Å². The number of anilines is 1. The van der Waals surface area contributed by atoms with E-state index in [9.17, 15) is 8.42 Å². The Bertz CT molecular complexity index is 1520.